The zero-order valence-corrected chi connectivity index (χ0v) is 32.8. The van der Waals surface area contributed by atoms with Gasteiger partial charge in [0.25, 0.3) is 0 Å². The van der Waals surface area contributed by atoms with Crippen molar-refractivity contribution < 1.29 is 0 Å². The molecule has 3 heteroatoms. The van der Waals surface area contributed by atoms with E-state index in [4.69, 9.17) is 15.0 Å². The molecule has 0 saturated heterocycles. The summed E-state index contributed by atoms with van der Waals surface area (Å²) in [7, 11) is 0. The first-order valence-electron chi connectivity index (χ1n) is 21.0. The fourth-order valence-electron chi connectivity index (χ4n) is 10.8. The van der Waals surface area contributed by atoms with Crippen LogP contribution in [0.1, 0.15) is 40.5 Å². The quantitative estimate of drug-likeness (QED) is 0.168. The Kier molecular flexibility index (Phi) is 7.26. The molecule has 0 saturated carbocycles. The molecule has 3 heterocycles. The third kappa shape index (κ3) is 4.93. The number of aromatic nitrogens is 3. The van der Waals surface area contributed by atoms with Crippen LogP contribution in [0.25, 0.3) is 87.4 Å². The number of nitrogens with zero attached hydrogens (tertiary/aromatic N) is 3. The molecule has 13 rings (SSSR count). The minimum atomic E-state index is 0.245. The maximum atomic E-state index is 5.40. The Morgan fingerprint density at radius 1 is 0.500 bits per heavy atom. The van der Waals surface area contributed by atoms with Crippen molar-refractivity contribution in [3.8, 4) is 11.3 Å². The predicted octanol–water partition coefficient (Wildman–Crippen LogP) is 14.3. The number of hydrogen-bond donors (Lipinski definition) is 0. The Balaban J connectivity index is 0.878. The normalized spacial score (nSPS) is 18.3. The van der Waals surface area contributed by atoms with Crippen molar-refractivity contribution in [3.05, 3.63) is 222 Å². The number of hydrogen-bond acceptors (Lipinski definition) is 3. The highest BCUT2D eigenvalue weighted by molar-refractivity contribution is 6.33. The number of para-hydroxylation sites is 1. The van der Waals surface area contributed by atoms with Crippen molar-refractivity contribution in [1.29, 1.82) is 0 Å². The first-order valence-corrected chi connectivity index (χ1v) is 21.0. The lowest BCUT2D eigenvalue weighted by molar-refractivity contribution is 0.652. The van der Waals surface area contributed by atoms with Crippen molar-refractivity contribution >= 4 is 76.2 Å². The van der Waals surface area contributed by atoms with Crippen LogP contribution in [-0.4, -0.2) is 15.0 Å². The molecule has 3 nitrogen and oxygen atoms in total. The van der Waals surface area contributed by atoms with E-state index >= 15 is 0 Å². The molecule has 3 aliphatic carbocycles. The molecule has 3 aromatic heterocycles. The van der Waals surface area contributed by atoms with Gasteiger partial charge >= 0.3 is 0 Å². The van der Waals surface area contributed by atoms with Crippen LogP contribution in [0, 0.1) is 5.92 Å². The second-order valence-electron chi connectivity index (χ2n) is 16.6. The van der Waals surface area contributed by atoms with Crippen molar-refractivity contribution in [2.75, 3.05) is 0 Å². The lowest BCUT2D eigenvalue weighted by atomic mass is 9.65. The van der Waals surface area contributed by atoms with Gasteiger partial charge in [0.2, 0.25) is 0 Å². The average molecular weight is 764 g/mol. The topological polar surface area (TPSA) is 38.7 Å². The van der Waals surface area contributed by atoms with E-state index in [2.05, 4.69) is 170 Å². The molecule has 3 aliphatic rings. The van der Waals surface area contributed by atoms with Crippen LogP contribution in [0.15, 0.2) is 200 Å². The zero-order valence-electron chi connectivity index (χ0n) is 32.8. The van der Waals surface area contributed by atoms with E-state index < -0.39 is 0 Å². The molecule has 0 aliphatic heterocycles. The maximum absolute atomic E-state index is 5.40. The number of allylic oxidation sites excluding steroid dienone is 8. The van der Waals surface area contributed by atoms with Gasteiger partial charge in [-0.2, -0.15) is 0 Å². The third-order valence-corrected chi connectivity index (χ3v) is 13.5. The van der Waals surface area contributed by atoms with Crippen molar-refractivity contribution in [3.63, 3.8) is 0 Å². The van der Waals surface area contributed by atoms with Gasteiger partial charge in [0, 0.05) is 62.6 Å². The lowest BCUT2D eigenvalue weighted by Gasteiger charge is -2.38. The molecule has 0 radical (unpaired) electrons. The Labute approximate surface area is 347 Å². The van der Waals surface area contributed by atoms with Gasteiger partial charge in [-0.15, -0.1) is 0 Å². The van der Waals surface area contributed by atoms with Crippen molar-refractivity contribution in [2.45, 2.75) is 18.3 Å². The molecular formula is C57H37N3. The van der Waals surface area contributed by atoms with E-state index in [0.29, 0.717) is 0 Å². The molecule has 10 aromatic rings. The molecule has 3 atom stereocenters. The monoisotopic (exact) mass is 763 g/mol. The summed E-state index contributed by atoms with van der Waals surface area (Å²) in [6, 6.07) is 55.3. The third-order valence-electron chi connectivity index (χ3n) is 13.5. The summed E-state index contributed by atoms with van der Waals surface area (Å²) in [6.07, 6.45) is 16.9. The minimum Gasteiger partial charge on any atom is -0.254 e. The van der Waals surface area contributed by atoms with Gasteiger partial charge in [-0.05, 0) is 91.2 Å². The van der Waals surface area contributed by atoms with Crippen LogP contribution >= 0.6 is 0 Å². The minimum absolute atomic E-state index is 0.245. The first-order chi connectivity index (χ1) is 29.8. The molecular weight excluding hydrogens is 727 g/mol. The maximum Gasteiger partial charge on any atom is 0.0970 e. The Hall–Kier alpha value is -7.49. The fourth-order valence-corrected chi connectivity index (χ4v) is 10.8. The van der Waals surface area contributed by atoms with Crippen LogP contribution in [-0.2, 0) is 0 Å². The van der Waals surface area contributed by atoms with Crippen LogP contribution in [0.4, 0.5) is 0 Å². The molecule has 60 heavy (non-hydrogen) atoms. The Bertz CT molecular complexity index is 3590. The molecule has 0 spiro atoms. The molecule has 3 unspecified atom stereocenters. The standard InChI is InChI=1S/C57H37N3/c1-2-15-42-41(14-1)50-31-36(25-27-43(50)44-28-26-37(32-51(42)44)49-33-38-11-9-29-58-56(38)57-47(49)19-10-30-59-57)34-21-23-35(24-22-34)55-54-46-17-6-4-13-40(46)39-12-3-5-16-45(39)53(54)48-18-7-8-20-52(48)60-55/h1-30,32-33,36,44,51H,31H2. The van der Waals surface area contributed by atoms with Gasteiger partial charge in [0.05, 0.1) is 22.2 Å². The Morgan fingerprint density at radius 2 is 1.18 bits per heavy atom. The highest BCUT2D eigenvalue weighted by atomic mass is 14.7. The summed E-state index contributed by atoms with van der Waals surface area (Å²) in [6.45, 7) is 0. The largest absolute Gasteiger partial charge is 0.254 e. The lowest BCUT2D eigenvalue weighted by Crippen LogP contribution is -2.23. The van der Waals surface area contributed by atoms with Crippen LogP contribution < -0.4 is 0 Å². The number of rotatable bonds is 3. The van der Waals surface area contributed by atoms with Gasteiger partial charge in [0.15, 0.2) is 0 Å². The highest BCUT2D eigenvalue weighted by Gasteiger charge is 2.36. The highest BCUT2D eigenvalue weighted by Crippen LogP contribution is 2.52. The van der Waals surface area contributed by atoms with E-state index in [9.17, 15) is 0 Å². The molecule has 0 amide bonds. The van der Waals surface area contributed by atoms with E-state index in [1.807, 2.05) is 24.5 Å². The second-order valence-corrected chi connectivity index (χ2v) is 16.6. The summed E-state index contributed by atoms with van der Waals surface area (Å²) < 4.78 is 0. The van der Waals surface area contributed by atoms with Crippen LogP contribution in [0.3, 0.4) is 0 Å². The van der Waals surface area contributed by atoms with Gasteiger partial charge in [-0.25, -0.2) is 4.98 Å². The summed E-state index contributed by atoms with van der Waals surface area (Å²) in [4.78, 5) is 14.9. The summed E-state index contributed by atoms with van der Waals surface area (Å²) in [5.41, 5.74) is 14.6. The SMILES string of the molecule is C1=CC2C3=C(CC(c4ccc(-c5nc6ccccc6c6c7ccccc7c7ccccc7c56)cc4)C=C3)c3ccccc3C2C=C1c1cc2cccnc2c2ncccc12. The molecule has 0 bridgehead atoms. The molecule has 0 fully saturated rings. The summed E-state index contributed by atoms with van der Waals surface area (Å²) in [5, 5.41) is 11.0. The van der Waals surface area contributed by atoms with Crippen LogP contribution in [0.5, 0.6) is 0 Å². The predicted molar refractivity (Wildman–Crippen MR) is 250 cm³/mol. The smallest absolute Gasteiger partial charge is 0.0970 e. The molecule has 7 aromatic carbocycles. The van der Waals surface area contributed by atoms with Crippen molar-refractivity contribution in [2.24, 2.45) is 5.92 Å². The number of pyridine rings is 3. The zero-order chi connectivity index (χ0) is 39.3. The Morgan fingerprint density at radius 3 is 2.02 bits per heavy atom. The van der Waals surface area contributed by atoms with E-state index in [1.165, 1.54) is 76.7 Å². The fraction of sp³-hybridized carbons (Fsp3) is 0.0702. The van der Waals surface area contributed by atoms with Gasteiger partial charge in [-0.3, -0.25) is 9.97 Å². The van der Waals surface area contributed by atoms with Gasteiger partial charge < -0.3 is 0 Å². The van der Waals surface area contributed by atoms with E-state index in [-0.39, 0.29) is 17.8 Å². The van der Waals surface area contributed by atoms with E-state index in [0.717, 1.165) is 45.0 Å². The van der Waals surface area contributed by atoms with Crippen molar-refractivity contribution in [1.82, 2.24) is 15.0 Å². The average Bonchev–Trinajstić information content (AvgIpc) is 3.33. The summed E-state index contributed by atoms with van der Waals surface area (Å²) >= 11 is 0. The van der Waals surface area contributed by atoms with Gasteiger partial charge in [0.1, 0.15) is 0 Å². The molecule has 280 valence electrons. The summed E-state index contributed by atoms with van der Waals surface area (Å²) in [5.74, 6) is 0.800. The second kappa shape index (κ2) is 13.0. The molecule has 0 N–H and O–H groups in total. The van der Waals surface area contributed by atoms with Gasteiger partial charge in [-0.1, -0.05) is 158 Å². The van der Waals surface area contributed by atoms with Crippen LogP contribution in [0.2, 0.25) is 0 Å². The first kappa shape index (κ1) is 33.5. The number of benzene rings is 7. The number of fused-ring (bicyclic) bond motifs is 16. The van der Waals surface area contributed by atoms with E-state index in [1.54, 1.807) is 0 Å².